The Morgan fingerprint density at radius 1 is 1.29 bits per heavy atom. The molecular weight excluding hydrogens is 179 g/mol. The zero-order valence-corrected chi connectivity index (χ0v) is 7.94. The van der Waals surface area contributed by atoms with Gasteiger partial charge in [0.05, 0.1) is 17.6 Å². The quantitative estimate of drug-likeness (QED) is 0.711. The molecule has 1 aromatic carbocycles. The van der Waals surface area contributed by atoms with E-state index in [1.165, 1.54) is 0 Å². The molecule has 0 N–H and O–H groups in total. The van der Waals surface area contributed by atoms with Gasteiger partial charge < -0.3 is 0 Å². The van der Waals surface area contributed by atoms with Crippen LogP contribution in [0.25, 0.3) is 5.69 Å². The van der Waals surface area contributed by atoms with Crippen molar-refractivity contribution in [2.24, 2.45) is 0 Å². The third-order valence-corrected chi connectivity index (χ3v) is 2.21. The number of benzene rings is 1. The highest BCUT2D eigenvalue weighted by Gasteiger charge is 2.07. The molecule has 0 bridgehead atoms. The Morgan fingerprint density at radius 2 is 2.00 bits per heavy atom. The molecule has 0 aliphatic heterocycles. The largest absolute Gasteiger partial charge is 0.244 e. The second-order valence-electron chi connectivity index (χ2n) is 3.16. The summed E-state index contributed by atoms with van der Waals surface area (Å²) in [5, 5.41) is 4.13. The van der Waals surface area contributed by atoms with Crippen molar-refractivity contribution in [2.45, 2.75) is 13.6 Å². The fourth-order valence-corrected chi connectivity index (χ4v) is 1.41. The second kappa shape index (κ2) is 3.62. The molecule has 72 valence electrons. The summed E-state index contributed by atoms with van der Waals surface area (Å²) in [6, 6.07) is 9.56. The number of halogens is 1. The average Bonchev–Trinajstić information content (AvgIpc) is 2.61. The minimum Gasteiger partial charge on any atom is -0.244 e. The van der Waals surface area contributed by atoms with Crippen LogP contribution in [0.4, 0.5) is 4.39 Å². The van der Waals surface area contributed by atoms with Crippen molar-refractivity contribution in [2.75, 3.05) is 0 Å². The monoisotopic (exact) mass is 190 g/mol. The maximum Gasteiger partial charge on any atom is 0.132 e. The number of hydrogen-bond donors (Lipinski definition) is 0. The van der Waals surface area contributed by atoms with Crippen LogP contribution in [0.15, 0.2) is 36.5 Å². The minimum atomic E-state index is -0.485. The molecule has 2 rings (SSSR count). The summed E-state index contributed by atoms with van der Waals surface area (Å²) in [7, 11) is 0. The van der Waals surface area contributed by atoms with Crippen LogP contribution in [0.5, 0.6) is 0 Å². The lowest BCUT2D eigenvalue weighted by Crippen LogP contribution is -2.00. The number of aromatic nitrogens is 2. The van der Waals surface area contributed by atoms with Crippen molar-refractivity contribution in [3.05, 3.63) is 47.8 Å². The predicted molar refractivity (Wildman–Crippen MR) is 53.1 cm³/mol. The Bertz CT molecular complexity index is 420. The summed E-state index contributed by atoms with van der Waals surface area (Å²) in [4.78, 5) is 0. The Hall–Kier alpha value is -1.64. The molecule has 3 heteroatoms. The first-order valence-corrected chi connectivity index (χ1v) is 4.48. The molecule has 0 radical (unpaired) electrons. The first-order chi connectivity index (χ1) is 6.83. The molecule has 0 saturated heterocycles. The first kappa shape index (κ1) is 8.94. The molecule has 0 aliphatic carbocycles. The highest BCUT2D eigenvalue weighted by Crippen LogP contribution is 2.14. The van der Waals surface area contributed by atoms with Crippen LogP contribution in [0.1, 0.15) is 11.3 Å². The summed E-state index contributed by atoms with van der Waals surface area (Å²) in [6.45, 7) is 1.38. The summed E-state index contributed by atoms with van der Waals surface area (Å²) < 4.78 is 14.3. The van der Waals surface area contributed by atoms with Crippen LogP contribution in [-0.4, -0.2) is 9.78 Å². The van der Waals surface area contributed by atoms with E-state index >= 15 is 0 Å². The molecule has 0 spiro atoms. The van der Waals surface area contributed by atoms with Gasteiger partial charge in [0.1, 0.15) is 6.67 Å². The number of nitrogens with zero attached hydrogens (tertiary/aromatic N) is 2. The molecule has 2 aromatic rings. The van der Waals surface area contributed by atoms with Gasteiger partial charge in [-0.2, -0.15) is 5.10 Å². The molecule has 0 unspecified atom stereocenters. The molecule has 2 nitrogen and oxygen atoms in total. The molecule has 0 fully saturated rings. The van der Waals surface area contributed by atoms with Crippen LogP contribution in [-0.2, 0) is 6.67 Å². The molecule has 1 heterocycles. The van der Waals surface area contributed by atoms with E-state index in [1.54, 1.807) is 10.9 Å². The zero-order valence-electron chi connectivity index (χ0n) is 7.94. The topological polar surface area (TPSA) is 17.8 Å². The van der Waals surface area contributed by atoms with Crippen LogP contribution >= 0.6 is 0 Å². The van der Waals surface area contributed by atoms with Gasteiger partial charge in [0, 0.05) is 0 Å². The summed E-state index contributed by atoms with van der Waals surface area (Å²) in [5.41, 5.74) is 2.40. The number of rotatable bonds is 2. The van der Waals surface area contributed by atoms with Crippen molar-refractivity contribution in [1.29, 1.82) is 0 Å². The van der Waals surface area contributed by atoms with Crippen LogP contribution in [0, 0.1) is 6.92 Å². The minimum absolute atomic E-state index is 0.485. The Labute approximate surface area is 82.0 Å². The standard InChI is InChI=1S/C11H11FN2/c1-9-8-13-14(11(9)7-12)10-5-3-2-4-6-10/h2-6,8H,7H2,1H3. The van der Waals surface area contributed by atoms with Crippen LogP contribution in [0.3, 0.4) is 0 Å². The fraction of sp³-hybridized carbons (Fsp3) is 0.182. The Morgan fingerprint density at radius 3 is 2.64 bits per heavy atom. The van der Waals surface area contributed by atoms with Gasteiger partial charge >= 0.3 is 0 Å². The van der Waals surface area contributed by atoms with E-state index in [4.69, 9.17) is 0 Å². The second-order valence-corrected chi connectivity index (χ2v) is 3.16. The normalized spacial score (nSPS) is 10.4. The van der Waals surface area contributed by atoms with Gasteiger partial charge in [-0.3, -0.25) is 0 Å². The van der Waals surface area contributed by atoms with Gasteiger partial charge in [0.25, 0.3) is 0 Å². The summed E-state index contributed by atoms with van der Waals surface area (Å²) >= 11 is 0. The molecule has 0 atom stereocenters. The van der Waals surface area contributed by atoms with E-state index in [9.17, 15) is 4.39 Å². The number of aryl methyl sites for hydroxylation is 1. The van der Waals surface area contributed by atoms with E-state index in [0.717, 1.165) is 11.3 Å². The number of para-hydroxylation sites is 1. The summed E-state index contributed by atoms with van der Waals surface area (Å²) in [5.74, 6) is 0. The predicted octanol–water partition coefficient (Wildman–Crippen LogP) is 2.65. The molecule has 1 aromatic heterocycles. The fourth-order valence-electron chi connectivity index (χ4n) is 1.41. The van der Waals surface area contributed by atoms with E-state index in [-0.39, 0.29) is 0 Å². The SMILES string of the molecule is Cc1cnn(-c2ccccc2)c1CF. The maximum absolute atomic E-state index is 12.7. The van der Waals surface area contributed by atoms with Gasteiger partial charge in [0.15, 0.2) is 0 Å². The molecule has 0 amide bonds. The number of hydrogen-bond acceptors (Lipinski definition) is 1. The molecule has 0 aliphatic rings. The van der Waals surface area contributed by atoms with Crippen molar-refractivity contribution in [1.82, 2.24) is 9.78 Å². The third kappa shape index (κ3) is 1.41. The van der Waals surface area contributed by atoms with E-state index in [0.29, 0.717) is 5.69 Å². The maximum atomic E-state index is 12.7. The lowest BCUT2D eigenvalue weighted by atomic mass is 10.2. The van der Waals surface area contributed by atoms with Crippen molar-refractivity contribution >= 4 is 0 Å². The van der Waals surface area contributed by atoms with Gasteiger partial charge in [-0.1, -0.05) is 18.2 Å². The lowest BCUT2D eigenvalue weighted by molar-refractivity contribution is 0.465. The first-order valence-electron chi connectivity index (χ1n) is 4.48. The van der Waals surface area contributed by atoms with Gasteiger partial charge in [-0.05, 0) is 24.6 Å². The molecule has 14 heavy (non-hydrogen) atoms. The number of alkyl halides is 1. The zero-order chi connectivity index (χ0) is 9.97. The highest BCUT2D eigenvalue weighted by atomic mass is 19.1. The van der Waals surface area contributed by atoms with Gasteiger partial charge in [0.2, 0.25) is 0 Å². The van der Waals surface area contributed by atoms with Crippen LogP contribution < -0.4 is 0 Å². The Balaban J connectivity index is 2.52. The van der Waals surface area contributed by atoms with E-state index in [2.05, 4.69) is 5.10 Å². The smallest absolute Gasteiger partial charge is 0.132 e. The van der Waals surface area contributed by atoms with Crippen molar-refractivity contribution in [3.8, 4) is 5.69 Å². The lowest BCUT2D eigenvalue weighted by Gasteiger charge is -2.04. The molecule has 0 saturated carbocycles. The van der Waals surface area contributed by atoms with Crippen molar-refractivity contribution in [3.63, 3.8) is 0 Å². The van der Waals surface area contributed by atoms with E-state index < -0.39 is 6.67 Å². The third-order valence-electron chi connectivity index (χ3n) is 2.21. The Kier molecular flexibility index (Phi) is 2.31. The summed E-state index contributed by atoms with van der Waals surface area (Å²) in [6.07, 6.45) is 1.68. The van der Waals surface area contributed by atoms with Gasteiger partial charge in [-0.25, -0.2) is 9.07 Å². The highest BCUT2D eigenvalue weighted by molar-refractivity contribution is 5.34. The van der Waals surface area contributed by atoms with Crippen molar-refractivity contribution < 1.29 is 4.39 Å². The van der Waals surface area contributed by atoms with Gasteiger partial charge in [-0.15, -0.1) is 0 Å². The van der Waals surface area contributed by atoms with Crippen LogP contribution in [0.2, 0.25) is 0 Å². The van der Waals surface area contributed by atoms with E-state index in [1.807, 2.05) is 37.3 Å². The molecular formula is C11H11FN2. The average molecular weight is 190 g/mol.